The molecule has 2 fully saturated rings. The van der Waals surface area contributed by atoms with Gasteiger partial charge in [0.15, 0.2) is 11.5 Å². The van der Waals surface area contributed by atoms with Gasteiger partial charge in [-0.2, -0.15) is 4.31 Å². The zero-order valence-electron chi connectivity index (χ0n) is 14.1. The first-order chi connectivity index (χ1) is 11.4. The molecule has 1 aromatic rings. The summed E-state index contributed by atoms with van der Waals surface area (Å²) in [6.07, 6.45) is 4.23. The van der Waals surface area contributed by atoms with Crippen LogP contribution in [0, 0.1) is 5.92 Å². The van der Waals surface area contributed by atoms with Crippen molar-refractivity contribution in [2.24, 2.45) is 5.92 Å². The molecule has 2 saturated heterocycles. The Bertz CT molecular complexity index is 736. The number of fused-ring (bicyclic) bond motifs is 2. The fourth-order valence-corrected chi connectivity index (χ4v) is 5.67. The second-order valence-electron chi connectivity index (χ2n) is 7.15. The van der Waals surface area contributed by atoms with Gasteiger partial charge < -0.3 is 9.47 Å². The van der Waals surface area contributed by atoms with Gasteiger partial charge in [-0.25, -0.2) is 8.42 Å². The highest BCUT2D eigenvalue weighted by Gasteiger charge is 2.42. The largest absolute Gasteiger partial charge is 0.454 e. The molecule has 0 spiro atoms. The lowest BCUT2D eigenvalue weighted by molar-refractivity contribution is 0.0427. The Morgan fingerprint density at radius 1 is 1.21 bits per heavy atom. The number of piperidine rings is 2. The van der Waals surface area contributed by atoms with E-state index in [-0.39, 0.29) is 18.9 Å². The van der Waals surface area contributed by atoms with E-state index in [0.29, 0.717) is 12.5 Å². The van der Waals surface area contributed by atoms with Crippen LogP contribution in [0.15, 0.2) is 18.2 Å². The van der Waals surface area contributed by atoms with Crippen LogP contribution < -0.4 is 9.47 Å². The average molecular weight is 352 g/mol. The SMILES string of the molecule is CN1C[C@@H]2CCCN(S(C)(=O)=O)[C@@H]2C[C@H]1c1ccc2c(c1)OCO2. The van der Waals surface area contributed by atoms with E-state index in [1.807, 2.05) is 12.1 Å². The predicted octanol–water partition coefficient (Wildman–Crippen LogP) is 1.83. The molecule has 132 valence electrons. The zero-order valence-corrected chi connectivity index (χ0v) is 15.0. The summed E-state index contributed by atoms with van der Waals surface area (Å²) < 4.78 is 37.0. The van der Waals surface area contributed by atoms with Crippen molar-refractivity contribution >= 4 is 10.0 Å². The molecule has 6 nitrogen and oxygen atoms in total. The Hall–Kier alpha value is -1.31. The Morgan fingerprint density at radius 2 is 2.00 bits per heavy atom. The molecule has 0 unspecified atom stereocenters. The molecule has 0 aromatic heterocycles. The van der Waals surface area contributed by atoms with Gasteiger partial charge in [-0.15, -0.1) is 0 Å². The maximum absolute atomic E-state index is 12.2. The highest BCUT2D eigenvalue weighted by molar-refractivity contribution is 7.88. The summed E-state index contributed by atoms with van der Waals surface area (Å²) in [7, 11) is -1.03. The third-order valence-electron chi connectivity index (χ3n) is 5.59. The normalized spacial score (nSPS) is 31.0. The quantitative estimate of drug-likeness (QED) is 0.813. The van der Waals surface area contributed by atoms with E-state index in [9.17, 15) is 8.42 Å². The summed E-state index contributed by atoms with van der Waals surface area (Å²) in [5.41, 5.74) is 1.17. The second kappa shape index (κ2) is 5.89. The number of hydrogen-bond acceptors (Lipinski definition) is 5. The summed E-state index contributed by atoms with van der Waals surface area (Å²) in [6, 6.07) is 6.36. The molecule has 3 atom stereocenters. The van der Waals surface area contributed by atoms with Gasteiger partial charge in [0.05, 0.1) is 6.26 Å². The van der Waals surface area contributed by atoms with Crippen LogP contribution in [0.2, 0.25) is 0 Å². The van der Waals surface area contributed by atoms with E-state index in [0.717, 1.165) is 37.3 Å². The smallest absolute Gasteiger partial charge is 0.231 e. The lowest BCUT2D eigenvalue weighted by Crippen LogP contribution is -2.55. The van der Waals surface area contributed by atoms with Gasteiger partial charge in [-0.3, -0.25) is 4.90 Å². The first-order valence-electron chi connectivity index (χ1n) is 8.50. The minimum absolute atomic E-state index is 0.0976. The molecular weight excluding hydrogens is 328 g/mol. The third kappa shape index (κ3) is 2.78. The predicted molar refractivity (Wildman–Crippen MR) is 90.6 cm³/mol. The molecule has 3 heterocycles. The Kier molecular flexibility index (Phi) is 3.97. The van der Waals surface area contributed by atoms with Gasteiger partial charge in [0.2, 0.25) is 16.8 Å². The van der Waals surface area contributed by atoms with Crippen LogP contribution in [0.5, 0.6) is 11.5 Å². The van der Waals surface area contributed by atoms with Crippen LogP contribution in [-0.4, -0.2) is 56.9 Å². The first kappa shape index (κ1) is 16.2. The maximum atomic E-state index is 12.2. The average Bonchev–Trinajstić information content (AvgIpc) is 3.00. The summed E-state index contributed by atoms with van der Waals surface area (Å²) in [6.45, 7) is 1.85. The Balaban J connectivity index is 1.63. The molecule has 3 aliphatic heterocycles. The van der Waals surface area contributed by atoms with Crippen molar-refractivity contribution in [1.29, 1.82) is 0 Å². The van der Waals surface area contributed by atoms with E-state index in [1.165, 1.54) is 11.8 Å². The van der Waals surface area contributed by atoms with Gasteiger partial charge in [-0.1, -0.05) is 6.07 Å². The van der Waals surface area contributed by atoms with Crippen molar-refractivity contribution in [3.63, 3.8) is 0 Å². The summed E-state index contributed by atoms with van der Waals surface area (Å²) >= 11 is 0. The Morgan fingerprint density at radius 3 is 2.79 bits per heavy atom. The molecule has 0 bridgehead atoms. The summed E-state index contributed by atoms with van der Waals surface area (Å²) in [5, 5.41) is 0. The van der Waals surface area contributed by atoms with Crippen LogP contribution >= 0.6 is 0 Å². The molecule has 24 heavy (non-hydrogen) atoms. The molecule has 0 saturated carbocycles. The topological polar surface area (TPSA) is 59.1 Å². The number of hydrogen-bond donors (Lipinski definition) is 0. The highest BCUT2D eigenvalue weighted by atomic mass is 32.2. The molecular formula is C17H24N2O4S. The van der Waals surface area contributed by atoms with E-state index < -0.39 is 10.0 Å². The Labute approximate surface area is 143 Å². The van der Waals surface area contributed by atoms with E-state index >= 15 is 0 Å². The van der Waals surface area contributed by atoms with Crippen molar-refractivity contribution in [3.8, 4) is 11.5 Å². The van der Waals surface area contributed by atoms with Crippen LogP contribution in [0.4, 0.5) is 0 Å². The fraction of sp³-hybridized carbons (Fsp3) is 0.647. The number of nitrogens with zero attached hydrogens (tertiary/aromatic N) is 2. The molecule has 4 rings (SSSR count). The van der Waals surface area contributed by atoms with Gasteiger partial charge in [0, 0.05) is 25.2 Å². The molecule has 0 amide bonds. The van der Waals surface area contributed by atoms with Crippen LogP contribution in [-0.2, 0) is 10.0 Å². The molecule has 1 aromatic carbocycles. The molecule has 0 aliphatic carbocycles. The summed E-state index contributed by atoms with van der Waals surface area (Å²) in [5.74, 6) is 1.99. The monoisotopic (exact) mass is 352 g/mol. The van der Waals surface area contributed by atoms with Crippen LogP contribution in [0.1, 0.15) is 30.9 Å². The lowest BCUT2D eigenvalue weighted by atomic mass is 9.80. The highest BCUT2D eigenvalue weighted by Crippen LogP contribution is 2.42. The van der Waals surface area contributed by atoms with Crippen molar-refractivity contribution in [3.05, 3.63) is 23.8 Å². The van der Waals surface area contributed by atoms with Gasteiger partial charge in [0.1, 0.15) is 0 Å². The number of ether oxygens (including phenoxy) is 2. The zero-order chi connectivity index (χ0) is 16.9. The van der Waals surface area contributed by atoms with Crippen molar-refractivity contribution in [1.82, 2.24) is 9.21 Å². The standard InChI is InChI=1S/C17H24N2O4S/c1-18-10-13-4-3-7-19(24(2,20)21)15(13)9-14(18)12-5-6-16-17(8-12)23-11-22-16/h5-6,8,13-15H,3-4,7,9-11H2,1-2H3/t13-,14-,15+/m0/s1. The van der Waals surface area contributed by atoms with Gasteiger partial charge >= 0.3 is 0 Å². The minimum atomic E-state index is -3.16. The number of likely N-dealkylation sites (tertiary alicyclic amines) is 1. The molecule has 7 heteroatoms. The van der Waals surface area contributed by atoms with Crippen LogP contribution in [0.3, 0.4) is 0 Å². The third-order valence-corrected chi connectivity index (χ3v) is 6.90. The lowest BCUT2D eigenvalue weighted by Gasteiger charge is -2.48. The first-order valence-corrected chi connectivity index (χ1v) is 10.3. The number of benzene rings is 1. The van der Waals surface area contributed by atoms with Gasteiger partial charge in [-0.05, 0) is 49.9 Å². The van der Waals surface area contributed by atoms with E-state index in [1.54, 1.807) is 4.31 Å². The second-order valence-corrected chi connectivity index (χ2v) is 9.08. The van der Waals surface area contributed by atoms with Crippen molar-refractivity contribution in [2.45, 2.75) is 31.3 Å². The maximum Gasteiger partial charge on any atom is 0.231 e. The molecule has 3 aliphatic rings. The molecule has 0 radical (unpaired) electrons. The van der Waals surface area contributed by atoms with Crippen LogP contribution in [0.25, 0.3) is 0 Å². The summed E-state index contributed by atoms with van der Waals surface area (Å²) in [4.78, 5) is 2.35. The van der Waals surface area contributed by atoms with E-state index in [2.05, 4.69) is 18.0 Å². The van der Waals surface area contributed by atoms with Gasteiger partial charge in [0.25, 0.3) is 0 Å². The van der Waals surface area contributed by atoms with E-state index in [4.69, 9.17) is 9.47 Å². The number of sulfonamides is 1. The fourth-order valence-electron chi connectivity index (χ4n) is 4.45. The van der Waals surface area contributed by atoms with Crippen molar-refractivity contribution < 1.29 is 17.9 Å². The number of rotatable bonds is 2. The molecule has 0 N–H and O–H groups in total. The minimum Gasteiger partial charge on any atom is -0.454 e. The van der Waals surface area contributed by atoms with Crippen molar-refractivity contribution in [2.75, 3.05) is 33.2 Å².